The van der Waals surface area contributed by atoms with Crippen LogP contribution >= 0.6 is 0 Å². The van der Waals surface area contributed by atoms with Crippen LogP contribution in [0.3, 0.4) is 0 Å². The van der Waals surface area contributed by atoms with E-state index in [-0.39, 0.29) is 12.5 Å². The van der Waals surface area contributed by atoms with Gasteiger partial charge in [0.1, 0.15) is 18.9 Å². The van der Waals surface area contributed by atoms with Gasteiger partial charge in [0.15, 0.2) is 11.5 Å². The van der Waals surface area contributed by atoms with E-state index in [1.807, 2.05) is 0 Å². The summed E-state index contributed by atoms with van der Waals surface area (Å²) >= 11 is 0. The number of quaternary nitrogens is 1. The van der Waals surface area contributed by atoms with Gasteiger partial charge in [-0.15, -0.1) is 0 Å². The molecular formula is C20H26N2O5. The predicted molar refractivity (Wildman–Crippen MR) is 103 cm³/mol. The lowest BCUT2D eigenvalue weighted by Gasteiger charge is -2.33. The second-order valence-corrected chi connectivity index (χ2v) is 5.71. The molecule has 0 atom stereocenters. The highest BCUT2D eigenvalue weighted by atomic mass is 16.5. The number of amides is 1. The number of hydrogen-bond donors (Lipinski definition) is 1. The molecule has 7 nitrogen and oxygen atoms in total. The molecule has 2 aromatic rings. The van der Waals surface area contributed by atoms with E-state index in [0.717, 1.165) is 5.56 Å². The Morgan fingerprint density at radius 2 is 1.81 bits per heavy atom. The molecule has 0 saturated carbocycles. The zero-order valence-corrected chi connectivity index (χ0v) is 15.2. The summed E-state index contributed by atoms with van der Waals surface area (Å²) in [5.41, 5.74) is 1.16. The molecule has 2 rings (SSSR count). The minimum absolute atomic E-state index is 0.228. The average Bonchev–Trinajstić information content (AvgIpc) is 2.76. The van der Waals surface area contributed by atoms with E-state index in [0.29, 0.717) is 22.8 Å². The van der Waals surface area contributed by atoms with Crippen LogP contribution in [0.5, 0.6) is 17.2 Å². The Balaban J connectivity index is 1.92. The van der Waals surface area contributed by atoms with Gasteiger partial charge >= 0.3 is 0 Å². The van der Waals surface area contributed by atoms with Crippen molar-refractivity contribution >= 4 is 5.91 Å². The van der Waals surface area contributed by atoms with Crippen LogP contribution in [0, 0.1) is 5.21 Å². The summed E-state index contributed by atoms with van der Waals surface area (Å²) in [7, 11) is 2.98. The number of hydroxylamine groups is 3. The summed E-state index contributed by atoms with van der Waals surface area (Å²) in [6.45, 7) is -7.45. The zero-order valence-electron chi connectivity index (χ0n) is 21.2. The summed E-state index contributed by atoms with van der Waals surface area (Å²) in [5.74, 6) is 0.961. The van der Waals surface area contributed by atoms with Crippen molar-refractivity contribution in [3.05, 3.63) is 58.8 Å². The number of ether oxygens (including phenoxy) is 3. The van der Waals surface area contributed by atoms with Gasteiger partial charge in [0.2, 0.25) is 0 Å². The van der Waals surface area contributed by atoms with Gasteiger partial charge in [-0.2, -0.15) is 0 Å². The molecule has 0 bridgehead atoms. The number of likely N-dealkylation sites (N-methyl/N-ethyl adjacent to an activating group) is 1. The molecule has 0 radical (unpaired) electrons. The van der Waals surface area contributed by atoms with Crippen molar-refractivity contribution in [2.75, 3.05) is 41.3 Å². The first-order valence-corrected chi connectivity index (χ1v) is 8.13. The Hall–Kier alpha value is -2.77. The first-order chi connectivity index (χ1) is 15.3. The van der Waals surface area contributed by atoms with Crippen molar-refractivity contribution < 1.29 is 31.9 Å². The second-order valence-electron chi connectivity index (χ2n) is 5.71. The molecule has 0 aliphatic rings. The van der Waals surface area contributed by atoms with Crippen molar-refractivity contribution in [3.8, 4) is 17.2 Å². The lowest BCUT2D eigenvalue weighted by molar-refractivity contribution is -0.840. The van der Waals surface area contributed by atoms with Gasteiger partial charge in [-0.3, -0.25) is 4.79 Å². The molecule has 1 amide bonds. The molecule has 2 aromatic carbocycles. The van der Waals surface area contributed by atoms with Gasteiger partial charge in [0, 0.05) is 12.1 Å². The number of nitrogens with one attached hydrogen (secondary N) is 1. The Morgan fingerprint density at radius 1 is 1.11 bits per heavy atom. The zero-order chi connectivity index (χ0) is 24.9. The first kappa shape index (κ1) is 13.4. The van der Waals surface area contributed by atoms with Gasteiger partial charge in [-0.1, -0.05) is 12.1 Å². The van der Waals surface area contributed by atoms with Crippen LogP contribution in [0.15, 0.2) is 42.5 Å². The molecular weight excluding hydrogens is 348 g/mol. The van der Waals surface area contributed by atoms with Crippen molar-refractivity contribution in [2.45, 2.75) is 6.54 Å². The Morgan fingerprint density at radius 3 is 2.44 bits per heavy atom. The fraction of sp³-hybridized carbons (Fsp3) is 0.350. The largest absolute Gasteiger partial charge is 0.633 e. The summed E-state index contributed by atoms with van der Waals surface area (Å²) in [6, 6.07) is 11.3. The molecule has 0 spiro atoms. The Labute approximate surface area is 168 Å². The summed E-state index contributed by atoms with van der Waals surface area (Å²) < 4.78 is 57.0. The third kappa shape index (κ3) is 6.47. The minimum atomic E-state index is -3.26. The fourth-order valence-corrected chi connectivity index (χ4v) is 2.26. The number of benzene rings is 2. The first-order valence-electron chi connectivity index (χ1n) is 11.1. The monoisotopic (exact) mass is 380 g/mol. The number of rotatable bonds is 9. The van der Waals surface area contributed by atoms with E-state index in [2.05, 4.69) is 5.32 Å². The summed E-state index contributed by atoms with van der Waals surface area (Å²) in [4.78, 5) is 12.4. The van der Waals surface area contributed by atoms with E-state index >= 15 is 0 Å². The maximum absolute atomic E-state index is 12.4. The molecule has 0 aromatic heterocycles. The fourth-order valence-electron chi connectivity index (χ4n) is 2.26. The molecule has 146 valence electrons. The quantitative estimate of drug-likeness (QED) is 0.534. The standard InChI is InChI=1S/C20H26N2O5/c1-22(2,24)11-12-27-17-8-5-15(6-9-17)14-21-20(23)16-7-10-18(25-3)19(13-16)26-4/h5-10,13H,11-12,14H2,1-4H3,(H,21,23)/i1D3,2D3. The normalized spacial score (nSPS) is 15.2. The van der Waals surface area contributed by atoms with Crippen molar-refractivity contribution in [1.82, 2.24) is 5.32 Å². The highest BCUT2D eigenvalue weighted by Crippen LogP contribution is 2.27. The van der Waals surface area contributed by atoms with Gasteiger partial charge in [0.05, 0.1) is 36.4 Å². The molecule has 0 heterocycles. The summed E-state index contributed by atoms with van der Waals surface area (Å²) in [6.07, 6.45) is 0. The topological polar surface area (TPSA) is 79.9 Å². The minimum Gasteiger partial charge on any atom is -0.633 e. The van der Waals surface area contributed by atoms with E-state index in [1.165, 1.54) is 14.2 Å². The van der Waals surface area contributed by atoms with Crippen LogP contribution in [-0.2, 0) is 6.54 Å². The van der Waals surface area contributed by atoms with E-state index in [9.17, 15) is 10.0 Å². The SMILES string of the molecule is [2H]C([2H])([2H])[N+]([O-])(CCOc1ccc(CNC(=O)c2ccc(OC)c(OC)c2)cc1)C([2H])([2H])[2H]. The number of carbonyl (C=O) groups excluding carboxylic acids is 1. The van der Waals surface area contributed by atoms with Gasteiger partial charge in [0.25, 0.3) is 5.91 Å². The highest BCUT2D eigenvalue weighted by molar-refractivity contribution is 5.94. The van der Waals surface area contributed by atoms with E-state index in [4.69, 9.17) is 22.4 Å². The van der Waals surface area contributed by atoms with Crippen LogP contribution in [0.2, 0.25) is 0 Å². The molecule has 0 saturated heterocycles. The smallest absolute Gasteiger partial charge is 0.251 e. The second kappa shape index (κ2) is 9.25. The molecule has 0 unspecified atom stereocenters. The van der Waals surface area contributed by atoms with E-state index < -0.39 is 31.7 Å². The molecule has 0 fully saturated rings. The van der Waals surface area contributed by atoms with Crippen molar-refractivity contribution in [1.29, 1.82) is 0 Å². The molecule has 0 aliphatic heterocycles. The molecule has 1 N–H and O–H groups in total. The highest BCUT2D eigenvalue weighted by Gasteiger charge is 2.10. The Kier molecular flexibility index (Phi) is 4.59. The average molecular weight is 380 g/mol. The van der Waals surface area contributed by atoms with Crippen LogP contribution in [0.1, 0.15) is 24.1 Å². The van der Waals surface area contributed by atoms with Gasteiger partial charge < -0.3 is 29.4 Å². The van der Waals surface area contributed by atoms with Crippen LogP contribution in [0.25, 0.3) is 0 Å². The number of carbonyl (C=O) groups is 1. The molecule has 0 aliphatic carbocycles. The number of methoxy groups -OCH3 is 2. The van der Waals surface area contributed by atoms with Crippen molar-refractivity contribution in [3.63, 3.8) is 0 Å². The lowest BCUT2D eigenvalue weighted by Crippen LogP contribution is -2.36. The van der Waals surface area contributed by atoms with Gasteiger partial charge in [-0.25, -0.2) is 0 Å². The Bertz CT molecular complexity index is 933. The van der Waals surface area contributed by atoms with Crippen LogP contribution < -0.4 is 19.5 Å². The third-order valence-electron chi connectivity index (χ3n) is 3.70. The third-order valence-corrected chi connectivity index (χ3v) is 3.70. The summed E-state index contributed by atoms with van der Waals surface area (Å²) in [5, 5.41) is 15.2. The number of nitrogens with zero attached hydrogens (tertiary/aromatic N) is 1. The van der Waals surface area contributed by atoms with Crippen LogP contribution in [0.4, 0.5) is 0 Å². The van der Waals surface area contributed by atoms with Crippen molar-refractivity contribution in [2.24, 2.45) is 0 Å². The van der Waals surface area contributed by atoms with E-state index in [1.54, 1.807) is 42.5 Å². The molecule has 7 heteroatoms. The molecule has 27 heavy (non-hydrogen) atoms. The lowest BCUT2D eigenvalue weighted by atomic mass is 10.1. The van der Waals surface area contributed by atoms with Gasteiger partial charge in [-0.05, 0) is 35.9 Å². The maximum Gasteiger partial charge on any atom is 0.251 e. The number of hydrogen-bond acceptors (Lipinski definition) is 5. The maximum atomic E-state index is 12.4. The predicted octanol–water partition coefficient (Wildman–Crippen LogP) is 2.59. The van der Waals surface area contributed by atoms with Crippen LogP contribution in [-0.4, -0.2) is 51.9 Å².